The van der Waals surface area contributed by atoms with Gasteiger partial charge in [0, 0.05) is 11.1 Å². The van der Waals surface area contributed by atoms with Gasteiger partial charge in [0.05, 0.1) is 0 Å². The molecule has 5 heteroatoms. The third kappa shape index (κ3) is 3.07. The van der Waals surface area contributed by atoms with Crippen molar-refractivity contribution >= 4 is 5.84 Å². The van der Waals surface area contributed by atoms with Crippen molar-refractivity contribution in [3.05, 3.63) is 65.2 Å². The van der Waals surface area contributed by atoms with Crippen LogP contribution in [-0.2, 0) is 6.61 Å². The molecular weight excluding hydrogens is 250 g/mol. The van der Waals surface area contributed by atoms with Gasteiger partial charge in [-0.1, -0.05) is 18.2 Å². The summed E-state index contributed by atoms with van der Waals surface area (Å²) >= 11 is 0. The third-order valence-electron chi connectivity index (χ3n) is 2.58. The molecule has 0 heterocycles. The fourth-order valence-electron chi connectivity index (χ4n) is 1.56. The maximum atomic E-state index is 13.6. The monoisotopic (exact) mass is 262 g/mol. The Morgan fingerprint density at radius 3 is 2.47 bits per heavy atom. The molecule has 0 aliphatic heterocycles. The van der Waals surface area contributed by atoms with Crippen molar-refractivity contribution in [3.8, 4) is 5.75 Å². The molecule has 3 N–H and O–H groups in total. The number of nitrogens with one attached hydrogen (secondary N) is 1. The molecule has 0 aromatic heterocycles. The van der Waals surface area contributed by atoms with E-state index in [0.29, 0.717) is 5.56 Å². The van der Waals surface area contributed by atoms with Crippen molar-refractivity contribution in [2.24, 2.45) is 5.73 Å². The smallest absolute Gasteiger partial charge is 0.165 e. The highest BCUT2D eigenvalue weighted by molar-refractivity contribution is 5.95. The number of ether oxygens (including phenoxy) is 1. The average Bonchev–Trinajstić information content (AvgIpc) is 2.39. The molecule has 0 aliphatic rings. The Bertz CT molecular complexity index is 614. The van der Waals surface area contributed by atoms with Crippen molar-refractivity contribution in [3.63, 3.8) is 0 Å². The van der Waals surface area contributed by atoms with Crippen molar-refractivity contribution in [2.45, 2.75) is 6.61 Å². The van der Waals surface area contributed by atoms with Crippen LogP contribution in [0.1, 0.15) is 11.1 Å². The Morgan fingerprint density at radius 1 is 1.11 bits per heavy atom. The van der Waals surface area contributed by atoms with Crippen LogP contribution in [0.15, 0.2) is 42.5 Å². The first-order chi connectivity index (χ1) is 9.08. The predicted molar refractivity (Wildman–Crippen MR) is 68.1 cm³/mol. The van der Waals surface area contributed by atoms with E-state index in [1.165, 1.54) is 18.2 Å². The van der Waals surface area contributed by atoms with Gasteiger partial charge in [0.1, 0.15) is 18.3 Å². The molecule has 0 amide bonds. The molecule has 19 heavy (non-hydrogen) atoms. The lowest BCUT2D eigenvalue weighted by molar-refractivity contribution is 0.285. The van der Waals surface area contributed by atoms with Crippen molar-refractivity contribution in [1.82, 2.24) is 0 Å². The summed E-state index contributed by atoms with van der Waals surface area (Å²) in [6.07, 6.45) is 0. The molecule has 0 fully saturated rings. The number of halogens is 2. The van der Waals surface area contributed by atoms with Crippen LogP contribution in [0.4, 0.5) is 8.78 Å². The lowest BCUT2D eigenvalue weighted by Gasteiger charge is -2.09. The van der Waals surface area contributed by atoms with E-state index < -0.39 is 11.6 Å². The van der Waals surface area contributed by atoms with Gasteiger partial charge in [-0.2, -0.15) is 0 Å². The first-order valence-corrected chi connectivity index (χ1v) is 5.58. The van der Waals surface area contributed by atoms with Gasteiger partial charge in [0.2, 0.25) is 0 Å². The Morgan fingerprint density at radius 2 is 1.84 bits per heavy atom. The maximum Gasteiger partial charge on any atom is 0.165 e. The maximum absolute atomic E-state index is 13.6. The van der Waals surface area contributed by atoms with Crippen LogP contribution in [-0.4, -0.2) is 5.84 Å². The first-order valence-electron chi connectivity index (χ1n) is 5.58. The lowest BCUT2D eigenvalue weighted by Crippen LogP contribution is -2.11. The van der Waals surface area contributed by atoms with Crippen LogP contribution >= 0.6 is 0 Å². The summed E-state index contributed by atoms with van der Waals surface area (Å²) in [5.41, 5.74) is 5.86. The molecule has 2 aromatic rings. The second-order valence-corrected chi connectivity index (χ2v) is 3.94. The molecule has 98 valence electrons. The minimum atomic E-state index is -0.635. The molecule has 0 atom stereocenters. The summed E-state index contributed by atoms with van der Waals surface area (Å²) in [7, 11) is 0. The van der Waals surface area contributed by atoms with Gasteiger partial charge in [-0.25, -0.2) is 8.78 Å². The average molecular weight is 262 g/mol. The molecule has 2 aromatic carbocycles. The zero-order chi connectivity index (χ0) is 13.8. The second kappa shape index (κ2) is 5.48. The van der Waals surface area contributed by atoms with Crippen LogP contribution in [0.25, 0.3) is 0 Å². The van der Waals surface area contributed by atoms with Gasteiger partial charge in [-0.05, 0) is 24.3 Å². The molecule has 0 saturated heterocycles. The fourth-order valence-corrected chi connectivity index (χ4v) is 1.56. The third-order valence-corrected chi connectivity index (χ3v) is 2.58. The summed E-state index contributed by atoms with van der Waals surface area (Å²) < 4.78 is 32.2. The van der Waals surface area contributed by atoms with Crippen LogP contribution < -0.4 is 10.5 Å². The van der Waals surface area contributed by atoms with Crippen LogP contribution in [0, 0.1) is 17.0 Å². The van der Waals surface area contributed by atoms with Gasteiger partial charge in [0.25, 0.3) is 0 Å². The minimum absolute atomic E-state index is 0.00625. The Kier molecular flexibility index (Phi) is 3.75. The molecular formula is C14H12F2N2O. The standard InChI is InChI=1S/C14H12F2N2O/c15-11-4-2-1-3-10(11)8-19-13-6-5-9(14(17)18)7-12(13)16/h1-7H,8H2,(H3,17,18). The number of hydrogen-bond donors (Lipinski definition) is 2. The Labute approximate surface area is 109 Å². The Balaban J connectivity index is 2.12. The topological polar surface area (TPSA) is 59.1 Å². The zero-order valence-corrected chi connectivity index (χ0v) is 9.99. The molecule has 0 bridgehead atoms. The SMILES string of the molecule is N=C(N)c1ccc(OCc2ccccc2F)c(F)c1. The van der Waals surface area contributed by atoms with Crippen LogP contribution in [0.2, 0.25) is 0 Å². The Hall–Kier alpha value is -2.43. The van der Waals surface area contributed by atoms with E-state index in [1.54, 1.807) is 18.2 Å². The van der Waals surface area contributed by atoms with Gasteiger partial charge >= 0.3 is 0 Å². The van der Waals surface area contributed by atoms with E-state index in [2.05, 4.69) is 0 Å². The summed E-state index contributed by atoms with van der Waals surface area (Å²) in [6.45, 7) is -0.0665. The number of nitrogen functional groups attached to an aromatic ring is 1. The quantitative estimate of drug-likeness (QED) is 0.657. The number of amidine groups is 1. The van der Waals surface area contributed by atoms with E-state index in [9.17, 15) is 8.78 Å². The molecule has 2 rings (SSSR count). The molecule has 3 nitrogen and oxygen atoms in total. The van der Waals surface area contributed by atoms with E-state index in [4.69, 9.17) is 15.9 Å². The number of nitrogens with two attached hydrogens (primary N) is 1. The number of benzene rings is 2. The fraction of sp³-hybridized carbons (Fsp3) is 0.0714. The number of rotatable bonds is 4. The first kappa shape index (κ1) is 13.0. The van der Waals surface area contributed by atoms with Crippen molar-refractivity contribution < 1.29 is 13.5 Å². The van der Waals surface area contributed by atoms with E-state index in [-0.39, 0.29) is 23.8 Å². The lowest BCUT2D eigenvalue weighted by atomic mass is 10.2. The largest absolute Gasteiger partial charge is 0.486 e. The van der Waals surface area contributed by atoms with Gasteiger partial charge in [0.15, 0.2) is 11.6 Å². The van der Waals surface area contributed by atoms with E-state index >= 15 is 0 Å². The molecule has 0 aliphatic carbocycles. The highest BCUT2D eigenvalue weighted by Gasteiger charge is 2.08. The van der Waals surface area contributed by atoms with Crippen molar-refractivity contribution in [2.75, 3.05) is 0 Å². The highest BCUT2D eigenvalue weighted by atomic mass is 19.1. The number of hydrogen-bond acceptors (Lipinski definition) is 2. The summed E-state index contributed by atoms with van der Waals surface area (Å²) in [6, 6.07) is 10.1. The van der Waals surface area contributed by atoms with Crippen LogP contribution in [0.5, 0.6) is 5.75 Å². The van der Waals surface area contributed by atoms with Gasteiger partial charge in [-0.15, -0.1) is 0 Å². The summed E-state index contributed by atoms with van der Waals surface area (Å²) in [4.78, 5) is 0. The molecule has 0 radical (unpaired) electrons. The van der Waals surface area contributed by atoms with E-state index in [1.807, 2.05) is 0 Å². The summed E-state index contributed by atoms with van der Waals surface area (Å²) in [5, 5.41) is 7.19. The minimum Gasteiger partial charge on any atom is -0.486 e. The molecule has 0 saturated carbocycles. The van der Waals surface area contributed by atoms with Gasteiger partial charge < -0.3 is 10.5 Å². The summed E-state index contributed by atoms with van der Waals surface area (Å²) in [5.74, 6) is -1.26. The van der Waals surface area contributed by atoms with E-state index in [0.717, 1.165) is 6.07 Å². The zero-order valence-electron chi connectivity index (χ0n) is 9.99. The van der Waals surface area contributed by atoms with Crippen molar-refractivity contribution in [1.29, 1.82) is 5.41 Å². The molecule has 0 unspecified atom stereocenters. The predicted octanol–water partition coefficient (Wildman–Crippen LogP) is 2.83. The van der Waals surface area contributed by atoms with Crippen LogP contribution in [0.3, 0.4) is 0 Å². The van der Waals surface area contributed by atoms with Gasteiger partial charge in [-0.3, -0.25) is 5.41 Å². The normalized spacial score (nSPS) is 10.2. The highest BCUT2D eigenvalue weighted by Crippen LogP contribution is 2.20. The molecule has 0 spiro atoms. The second-order valence-electron chi connectivity index (χ2n) is 3.94.